The lowest BCUT2D eigenvalue weighted by Crippen LogP contribution is -2.35. The van der Waals surface area contributed by atoms with Gasteiger partial charge < -0.3 is 5.32 Å². The molecule has 0 aliphatic carbocycles. The summed E-state index contributed by atoms with van der Waals surface area (Å²) >= 11 is 5.77. The molecule has 0 unspecified atom stereocenters. The van der Waals surface area contributed by atoms with E-state index in [-0.39, 0.29) is 36.0 Å². The number of hydrogen-bond acceptors (Lipinski definition) is 5. The van der Waals surface area contributed by atoms with Crippen molar-refractivity contribution in [2.45, 2.75) is 11.3 Å². The largest absolute Gasteiger partial charge is 0.355 e. The van der Waals surface area contributed by atoms with Gasteiger partial charge in [0.25, 0.3) is 5.69 Å². The summed E-state index contributed by atoms with van der Waals surface area (Å²) < 4.78 is 26.5. The Hall–Kier alpha value is -2.49. The molecule has 138 valence electrons. The van der Waals surface area contributed by atoms with E-state index in [1.54, 1.807) is 24.3 Å². The average molecular weight is 398 g/mol. The van der Waals surface area contributed by atoms with E-state index in [1.807, 2.05) is 0 Å². The highest BCUT2D eigenvalue weighted by atomic mass is 35.5. The van der Waals surface area contributed by atoms with Gasteiger partial charge in [0.2, 0.25) is 15.9 Å². The Morgan fingerprint density at radius 2 is 1.81 bits per heavy atom. The number of carbonyl (C=O) groups is 1. The Morgan fingerprint density at radius 1 is 1.12 bits per heavy atom. The normalized spacial score (nSPS) is 11.1. The number of sulfonamides is 1. The highest BCUT2D eigenvalue weighted by Crippen LogP contribution is 2.16. The lowest BCUT2D eigenvalue weighted by atomic mass is 10.1. The van der Waals surface area contributed by atoms with Gasteiger partial charge in [0.05, 0.1) is 16.2 Å². The molecule has 0 spiro atoms. The van der Waals surface area contributed by atoms with E-state index in [0.29, 0.717) is 5.02 Å². The van der Waals surface area contributed by atoms with Gasteiger partial charge in [-0.25, -0.2) is 13.1 Å². The Morgan fingerprint density at radius 3 is 2.46 bits per heavy atom. The molecule has 8 nitrogen and oxygen atoms in total. The van der Waals surface area contributed by atoms with E-state index in [4.69, 9.17) is 11.6 Å². The summed E-state index contributed by atoms with van der Waals surface area (Å²) in [6.45, 7) is 0.0396. The van der Waals surface area contributed by atoms with Gasteiger partial charge in [-0.1, -0.05) is 29.8 Å². The molecule has 0 radical (unpaired) electrons. The second-order valence-electron chi connectivity index (χ2n) is 5.31. The first-order valence-electron chi connectivity index (χ1n) is 7.53. The second kappa shape index (κ2) is 8.75. The van der Waals surface area contributed by atoms with Crippen LogP contribution in [0.3, 0.4) is 0 Å². The summed E-state index contributed by atoms with van der Waals surface area (Å²) in [5.74, 6) is -0.262. The fraction of sp³-hybridized carbons (Fsp3) is 0.188. The highest BCUT2D eigenvalue weighted by Gasteiger charge is 2.17. The van der Waals surface area contributed by atoms with Crippen molar-refractivity contribution in [1.82, 2.24) is 10.0 Å². The molecule has 0 heterocycles. The van der Waals surface area contributed by atoms with Crippen LogP contribution in [0.1, 0.15) is 5.56 Å². The minimum absolute atomic E-state index is 0.0443. The first kappa shape index (κ1) is 19.8. The van der Waals surface area contributed by atoms with Gasteiger partial charge in [0.15, 0.2) is 0 Å². The molecule has 0 fully saturated rings. The summed E-state index contributed by atoms with van der Waals surface area (Å²) in [4.78, 5) is 21.7. The predicted octanol–water partition coefficient (Wildman–Crippen LogP) is 1.89. The molecule has 2 N–H and O–H groups in total. The Balaban J connectivity index is 1.83. The Kier molecular flexibility index (Phi) is 6.67. The number of halogens is 1. The summed E-state index contributed by atoms with van der Waals surface area (Å²) in [6.07, 6.45) is 0.148. The van der Waals surface area contributed by atoms with E-state index >= 15 is 0 Å². The number of benzene rings is 2. The SMILES string of the molecule is O=C(Cc1ccc(Cl)cc1)NCCNS(=O)(=O)c1cccc([N+](=O)[O-])c1. The van der Waals surface area contributed by atoms with E-state index in [9.17, 15) is 23.3 Å². The summed E-state index contributed by atoms with van der Waals surface area (Å²) in [7, 11) is -3.90. The van der Waals surface area contributed by atoms with Crippen molar-refractivity contribution in [3.05, 3.63) is 69.2 Å². The van der Waals surface area contributed by atoms with Crippen LogP contribution in [-0.2, 0) is 21.2 Å². The van der Waals surface area contributed by atoms with Gasteiger partial charge >= 0.3 is 0 Å². The van der Waals surface area contributed by atoms with Gasteiger partial charge in [0.1, 0.15) is 0 Å². The van der Waals surface area contributed by atoms with Crippen molar-refractivity contribution < 1.29 is 18.1 Å². The number of hydrogen-bond donors (Lipinski definition) is 2. The first-order valence-corrected chi connectivity index (χ1v) is 9.39. The smallest absolute Gasteiger partial charge is 0.270 e. The number of carbonyl (C=O) groups excluding carboxylic acids is 1. The summed E-state index contributed by atoms with van der Waals surface area (Å²) in [6, 6.07) is 11.5. The van der Waals surface area contributed by atoms with Crippen molar-refractivity contribution in [2.24, 2.45) is 0 Å². The van der Waals surface area contributed by atoms with Crippen LogP contribution in [0.25, 0.3) is 0 Å². The third-order valence-electron chi connectivity index (χ3n) is 3.36. The third kappa shape index (κ3) is 5.80. The standard InChI is InChI=1S/C16H16ClN3O5S/c17-13-6-4-12(5-7-13)10-16(21)18-8-9-19-26(24,25)15-3-1-2-14(11-15)20(22)23/h1-7,11,19H,8-10H2,(H,18,21). The number of nitrogens with zero attached hydrogens (tertiary/aromatic N) is 1. The lowest BCUT2D eigenvalue weighted by molar-refractivity contribution is -0.385. The van der Waals surface area contributed by atoms with Gasteiger partial charge in [-0.15, -0.1) is 0 Å². The monoisotopic (exact) mass is 397 g/mol. The van der Waals surface area contributed by atoms with Crippen LogP contribution in [0.5, 0.6) is 0 Å². The maximum absolute atomic E-state index is 12.1. The number of rotatable bonds is 8. The number of nitro groups is 1. The van der Waals surface area contributed by atoms with Crippen molar-refractivity contribution in [1.29, 1.82) is 0 Å². The number of non-ortho nitro benzene ring substituents is 1. The van der Waals surface area contributed by atoms with Gasteiger partial charge in [-0.05, 0) is 23.8 Å². The van der Waals surface area contributed by atoms with Crippen molar-refractivity contribution in [3.8, 4) is 0 Å². The molecule has 2 aromatic rings. The molecule has 0 aromatic heterocycles. The highest BCUT2D eigenvalue weighted by molar-refractivity contribution is 7.89. The fourth-order valence-corrected chi connectivity index (χ4v) is 3.28. The van der Waals surface area contributed by atoms with Gasteiger partial charge in [0, 0.05) is 30.2 Å². The zero-order valence-corrected chi connectivity index (χ0v) is 15.1. The van der Waals surface area contributed by atoms with E-state index in [2.05, 4.69) is 10.0 Å². The number of amides is 1. The lowest BCUT2D eigenvalue weighted by Gasteiger charge is -2.08. The molecule has 2 aromatic carbocycles. The van der Waals surface area contributed by atoms with Crippen molar-refractivity contribution >= 4 is 33.2 Å². The van der Waals surface area contributed by atoms with Crippen LogP contribution in [0, 0.1) is 10.1 Å². The number of nitrogens with one attached hydrogen (secondary N) is 2. The van der Waals surface area contributed by atoms with Crippen LogP contribution in [0.15, 0.2) is 53.4 Å². The van der Waals surface area contributed by atoms with Crippen LogP contribution in [0.2, 0.25) is 5.02 Å². The molecule has 10 heteroatoms. The Labute approximate surface area is 155 Å². The topological polar surface area (TPSA) is 118 Å². The Bertz CT molecular complexity index is 900. The molecule has 2 rings (SSSR count). The van der Waals surface area contributed by atoms with Crippen LogP contribution >= 0.6 is 11.6 Å². The van der Waals surface area contributed by atoms with E-state index < -0.39 is 14.9 Å². The molecular formula is C16H16ClN3O5S. The molecule has 0 bridgehead atoms. The van der Waals surface area contributed by atoms with Crippen molar-refractivity contribution in [3.63, 3.8) is 0 Å². The molecular weight excluding hydrogens is 382 g/mol. The molecule has 0 atom stereocenters. The molecule has 1 amide bonds. The average Bonchev–Trinajstić information content (AvgIpc) is 2.61. The maximum atomic E-state index is 12.1. The molecule has 0 aliphatic rings. The summed E-state index contributed by atoms with van der Waals surface area (Å²) in [5, 5.41) is 13.9. The van der Waals surface area contributed by atoms with Crippen LogP contribution in [-0.4, -0.2) is 32.3 Å². The minimum atomic E-state index is -3.90. The molecule has 0 saturated heterocycles. The van der Waals surface area contributed by atoms with E-state index in [1.165, 1.54) is 18.2 Å². The maximum Gasteiger partial charge on any atom is 0.270 e. The zero-order valence-electron chi connectivity index (χ0n) is 13.5. The van der Waals surface area contributed by atoms with Crippen molar-refractivity contribution in [2.75, 3.05) is 13.1 Å². The second-order valence-corrected chi connectivity index (χ2v) is 7.51. The summed E-state index contributed by atoms with van der Waals surface area (Å²) in [5.41, 5.74) is 0.466. The minimum Gasteiger partial charge on any atom is -0.355 e. The molecule has 0 aliphatic heterocycles. The van der Waals surface area contributed by atoms with Gasteiger partial charge in [-0.3, -0.25) is 14.9 Å². The zero-order chi connectivity index (χ0) is 19.2. The number of nitro benzene ring substituents is 1. The molecule has 26 heavy (non-hydrogen) atoms. The molecule has 0 saturated carbocycles. The third-order valence-corrected chi connectivity index (χ3v) is 5.07. The quantitative estimate of drug-likeness (QED) is 0.400. The van der Waals surface area contributed by atoms with Crippen LogP contribution < -0.4 is 10.0 Å². The predicted molar refractivity (Wildman–Crippen MR) is 96.5 cm³/mol. The van der Waals surface area contributed by atoms with Crippen LogP contribution in [0.4, 0.5) is 5.69 Å². The van der Waals surface area contributed by atoms with Gasteiger partial charge in [-0.2, -0.15) is 0 Å². The van der Waals surface area contributed by atoms with E-state index in [0.717, 1.165) is 11.6 Å². The first-order chi connectivity index (χ1) is 12.3. The fourth-order valence-electron chi connectivity index (χ4n) is 2.09.